The molecule has 1 amide bonds. The van der Waals surface area contributed by atoms with Crippen molar-refractivity contribution < 1.29 is 4.79 Å². The minimum absolute atomic E-state index is 0.0283. The molecule has 2 heterocycles. The first-order chi connectivity index (χ1) is 10.7. The van der Waals surface area contributed by atoms with E-state index in [1.165, 1.54) is 6.42 Å². The molecule has 2 aliphatic rings. The molecule has 4 rings (SSSR count). The van der Waals surface area contributed by atoms with Gasteiger partial charge >= 0.3 is 0 Å². The molecule has 114 valence electrons. The number of nitrogens with zero attached hydrogens (tertiary/aromatic N) is 2. The molecule has 2 fully saturated rings. The molecular formula is C16H17BrN4O. The van der Waals surface area contributed by atoms with Gasteiger partial charge in [-0.2, -0.15) is 0 Å². The van der Waals surface area contributed by atoms with E-state index in [4.69, 9.17) is 0 Å². The van der Waals surface area contributed by atoms with E-state index < -0.39 is 0 Å². The number of nitrogens with one attached hydrogen (secondary N) is 2. The van der Waals surface area contributed by atoms with Crippen LogP contribution in [0.4, 0.5) is 0 Å². The van der Waals surface area contributed by atoms with Crippen LogP contribution in [0.5, 0.6) is 0 Å². The third-order valence-corrected chi connectivity index (χ3v) is 5.27. The van der Waals surface area contributed by atoms with Gasteiger partial charge in [0.1, 0.15) is 5.52 Å². The molecule has 2 aromatic rings. The molecule has 1 saturated heterocycles. The summed E-state index contributed by atoms with van der Waals surface area (Å²) in [6.45, 7) is 1.05. The minimum Gasteiger partial charge on any atom is -0.345 e. The molecule has 6 heteroatoms. The summed E-state index contributed by atoms with van der Waals surface area (Å²) in [4.78, 5) is 21.2. The van der Waals surface area contributed by atoms with Crippen molar-refractivity contribution in [2.45, 2.75) is 37.3 Å². The molecular weight excluding hydrogens is 344 g/mol. The zero-order valence-electron chi connectivity index (χ0n) is 12.1. The van der Waals surface area contributed by atoms with Gasteiger partial charge < -0.3 is 10.6 Å². The van der Waals surface area contributed by atoms with Crippen LogP contribution in [0.25, 0.3) is 11.0 Å². The molecule has 0 bridgehead atoms. The highest BCUT2D eigenvalue weighted by Crippen LogP contribution is 2.42. The predicted molar refractivity (Wildman–Crippen MR) is 87.7 cm³/mol. The van der Waals surface area contributed by atoms with Gasteiger partial charge in [0.25, 0.3) is 5.91 Å². The number of carbonyl (C=O) groups excluding carboxylic acids is 1. The number of amides is 1. The lowest BCUT2D eigenvalue weighted by atomic mass is 10.0. The number of benzene rings is 1. The fourth-order valence-electron chi connectivity index (χ4n) is 3.31. The number of hydrogen-bond acceptors (Lipinski definition) is 4. The number of carbonyl (C=O) groups is 1. The molecule has 0 spiro atoms. The van der Waals surface area contributed by atoms with Crippen LogP contribution in [0, 0.1) is 0 Å². The van der Waals surface area contributed by atoms with E-state index in [1.54, 1.807) is 18.5 Å². The van der Waals surface area contributed by atoms with Crippen LogP contribution in [0.3, 0.4) is 0 Å². The highest BCUT2D eigenvalue weighted by atomic mass is 79.9. The summed E-state index contributed by atoms with van der Waals surface area (Å²) in [6.07, 6.45) is 7.75. The van der Waals surface area contributed by atoms with Crippen molar-refractivity contribution in [1.82, 2.24) is 20.6 Å². The van der Waals surface area contributed by atoms with E-state index in [-0.39, 0.29) is 11.4 Å². The standard InChI is InChI=1S/C16H17BrN4O/c17-11-8-10(9-12-14(11)20-7-6-18-12)15(22)21-16(3-4-16)13-2-1-5-19-13/h6-9,13,19H,1-5H2,(H,21,22). The third kappa shape index (κ3) is 2.40. The van der Waals surface area contributed by atoms with Gasteiger partial charge in [0.15, 0.2) is 0 Å². The Morgan fingerprint density at radius 2 is 2.14 bits per heavy atom. The second kappa shape index (κ2) is 5.28. The quantitative estimate of drug-likeness (QED) is 0.881. The molecule has 1 saturated carbocycles. The molecule has 1 atom stereocenters. The zero-order valence-corrected chi connectivity index (χ0v) is 13.7. The van der Waals surface area contributed by atoms with Crippen LogP contribution in [-0.2, 0) is 0 Å². The van der Waals surface area contributed by atoms with E-state index in [0.29, 0.717) is 11.6 Å². The van der Waals surface area contributed by atoms with Crippen molar-refractivity contribution in [3.05, 3.63) is 34.6 Å². The van der Waals surface area contributed by atoms with Crippen LogP contribution in [0.15, 0.2) is 29.0 Å². The Kier molecular flexibility index (Phi) is 3.38. The average Bonchev–Trinajstić information content (AvgIpc) is 3.09. The summed E-state index contributed by atoms with van der Waals surface area (Å²) >= 11 is 3.48. The predicted octanol–water partition coefficient (Wildman–Crippen LogP) is 2.41. The second-order valence-electron chi connectivity index (χ2n) is 6.14. The molecule has 1 aromatic carbocycles. The van der Waals surface area contributed by atoms with E-state index in [1.807, 2.05) is 6.07 Å². The molecule has 22 heavy (non-hydrogen) atoms. The first kappa shape index (κ1) is 14.1. The van der Waals surface area contributed by atoms with Crippen LogP contribution in [-0.4, -0.2) is 34.0 Å². The van der Waals surface area contributed by atoms with Gasteiger partial charge in [0.05, 0.1) is 11.1 Å². The van der Waals surface area contributed by atoms with Crippen LogP contribution < -0.4 is 10.6 Å². The first-order valence-corrected chi connectivity index (χ1v) is 8.43. The van der Waals surface area contributed by atoms with Gasteiger partial charge in [0, 0.05) is 28.5 Å². The Bertz CT molecular complexity index is 738. The normalized spacial score (nSPS) is 22.7. The second-order valence-corrected chi connectivity index (χ2v) is 7.00. The zero-order chi connectivity index (χ0) is 15.2. The monoisotopic (exact) mass is 360 g/mol. The molecule has 0 radical (unpaired) electrons. The minimum atomic E-state index is -0.0443. The van der Waals surface area contributed by atoms with Gasteiger partial charge in [-0.15, -0.1) is 0 Å². The summed E-state index contributed by atoms with van der Waals surface area (Å²) < 4.78 is 0.798. The summed E-state index contributed by atoms with van der Waals surface area (Å²) in [6, 6.07) is 4.05. The molecule has 1 aliphatic carbocycles. The number of hydrogen-bond donors (Lipinski definition) is 2. The van der Waals surface area contributed by atoms with E-state index in [2.05, 4.69) is 36.5 Å². The van der Waals surface area contributed by atoms with Crippen molar-refractivity contribution in [1.29, 1.82) is 0 Å². The van der Waals surface area contributed by atoms with Gasteiger partial charge in [0.2, 0.25) is 0 Å². The maximum Gasteiger partial charge on any atom is 0.251 e. The summed E-state index contributed by atoms with van der Waals surface area (Å²) in [5.74, 6) is -0.0283. The molecule has 2 N–H and O–H groups in total. The van der Waals surface area contributed by atoms with Crippen molar-refractivity contribution in [3.8, 4) is 0 Å². The van der Waals surface area contributed by atoms with Crippen molar-refractivity contribution in [3.63, 3.8) is 0 Å². The lowest BCUT2D eigenvalue weighted by molar-refractivity contribution is 0.0922. The number of aromatic nitrogens is 2. The number of rotatable bonds is 3. The van der Waals surface area contributed by atoms with Crippen molar-refractivity contribution in [2.24, 2.45) is 0 Å². The van der Waals surface area contributed by atoms with Crippen LogP contribution in [0.2, 0.25) is 0 Å². The molecule has 1 aliphatic heterocycles. The maximum atomic E-state index is 12.6. The smallest absolute Gasteiger partial charge is 0.251 e. The summed E-state index contributed by atoms with van der Waals surface area (Å²) in [7, 11) is 0. The Morgan fingerprint density at radius 1 is 1.32 bits per heavy atom. The van der Waals surface area contributed by atoms with Gasteiger partial charge in [-0.1, -0.05) is 0 Å². The first-order valence-electron chi connectivity index (χ1n) is 7.64. The summed E-state index contributed by atoms with van der Waals surface area (Å²) in [5, 5.41) is 6.76. The molecule has 5 nitrogen and oxygen atoms in total. The Labute approximate surface area is 137 Å². The Balaban J connectivity index is 1.60. The highest BCUT2D eigenvalue weighted by molar-refractivity contribution is 9.10. The van der Waals surface area contributed by atoms with Crippen LogP contribution in [0.1, 0.15) is 36.0 Å². The largest absolute Gasteiger partial charge is 0.345 e. The van der Waals surface area contributed by atoms with Gasteiger partial charge in [-0.25, -0.2) is 0 Å². The van der Waals surface area contributed by atoms with E-state index in [0.717, 1.165) is 41.3 Å². The fraction of sp³-hybridized carbons (Fsp3) is 0.438. The van der Waals surface area contributed by atoms with Crippen molar-refractivity contribution >= 4 is 32.9 Å². The van der Waals surface area contributed by atoms with Gasteiger partial charge in [-0.3, -0.25) is 14.8 Å². The summed E-state index contributed by atoms with van der Waals surface area (Å²) in [5.41, 5.74) is 2.09. The molecule has 1 unspecified atom stereocenters. The number of fused-ring (bicyclic) bond motifs is 1. The number of halogens is 1. The maximum absolute atomic E-state index is 12.6. The highest BCUT2D eigenvalue weighted by Gasteiger charge is 2.51. The van der Waals surface area contributed by atoms with E-state index >= 15 is 0 Å². The van der Waals surface area contributed by atoms with Crippen molar-refractivity contribution in [2.75, 3.05) is 6.54 Å². The van der Waals surface area contributed by atoms with Crippen LogP contribution >= 0.6 is 15.9 Å². The van der Waals surface area contributed by atoms with E-state index in [9.17, 15) is 4.79 Å². The third-order valence-electron chi connectivity index (χ3n) is 4.67. The molecule has 1 aromatic heterocycles. The Hall–Kier alpha value is -1.53. The lowest BCUT2D eigenvalue weighted by Crippen LogP contribution is -2.49. The average molecular weight is 361 g/mol. The Morgan fingerprint density at radius 3 is 2.86 bits per heavy atom. The lowest BCUT2D eigenvalue weighted by Gasteiger charge is -2.24. The SMILES string of the molecule is O=C(NC1(C2CCCN2)CC1)c1cc(Br)c2nccnc2c1. The fourth-order valence-corrected chi connectivity index (χ4v) is 3.87. The van der Waals surface area contributed by atoms with Gasteiger partial charge in [-0.05, 0) is 60.3 Å². The topological polar surface area (TPSA) is 66.9 Å².